The number of furan rings is 1. The van der Waals surface area contributed by atoms with E-state index in [4.69, 9.17) is 9.15 Å². The monoisotopic (exact) mass is 331 g/mol. The number of thioether (sulfide) groups is 1. The van der Waals surface area contributed by atoms with Gasteiger partial charge in [0.25, 0.3) is 5.91 Å². The number of para-hydroxylation sites is 1. The van der Waals surface area contributed by atoms with Crippen molar-refractivity contribution in [2.75, 3.05) is 18.1 Å². The summed E-state index contributed by atoms with van der Waals surface area (Å²) in [5.41, 5.74) is 0.876. The van der Waals surface area contributed by atoms with Gasteiger partial charge < -0.3 is 14.1 Å². The molecule has 0 bridgehead atoms. The zero-order valence-corrected chi connectivity index (χ0v) is 13.5. The molecule has 2 aromatic rings. The normalized spacial score (nSPS) is 17.3. The average Bonchev–Trinajstić information content (AvgIpc) is 3.03. The Labute approximate surface area is 138 Å². The lowest BCUT2D eigenvalue weighted by molar-refractivity contribution is -0.121. The van der Waals surface area contributed by atoms with Crippen molar-refractivity contribution in [3.05, 3.63) is 48.4 Å². The summed E-state index contributed by atoms with van der Waals surface area (Å²) >= 11 is 1.76. The van der Waals surface area contributed by atoms with E-state index in [1.165, 1.54) is 12.3 Å². The van der Waals surface area contributed by atoms with Crippen LogP contribution in [0.15, 0.2) is 52.0 Å². The lowest BCUT2D eigenvalue weighted by Gasteiger charge is -2.22. The van der Waals surface area contributed by atoms with E-state index in [1.54, 1.807) is 22.7 Å². The van der Waals surface area contributed by atoms with Gasteiger partial charge in [-0.05, 0) is 30.7 Å². The summed E-state index contributed by atoms with van der Waals surface area (Å²) in [6, 6.07) is 10.9. The van der Waals surface area contributed by atoms with E-state index in [1.807, 2.05) is 24.3 Å². The second-order valence-electron chi connectivity index (χ2n) is 5.28. The van der Waals surface area contributed by atoms with Gasteiger partial charge in [-0.2, -0.15) is 0 Å². The average molecular weight is 331 g/mol. The Morgan fingerprint density at radius 2 is 2.13 bits per heavy atom. The van der Waals surface area contributed by atoms with E-state index in [0.717, 1.165) is 17.0 Å². The summed E-state index contributed by atoms with van der Waals surface area (Å²) in [6.45, 7) is 2.46. The fraction of sp³-hybridized carbons (Fsp3) is 0.294. The lowest BCUT2D eigenvalue weighted by atomic mass is 10.2. The van der Waals surface area contributed by atoms with Gasteiger partial charge in [0, 0.05) is 16.7 Å². The standard InChI is InChI=1S/C17H17NO4S/c1-12-8-9-18(13-5-2-3-7-15(13)23-12)16(19)11-22-17(20)14-6-4-10-21-14/h2-7,10,12H,8-9,11H2,1H3/t12-/m0/s1. The number of fused-ring (bicyclic) bond motifs is 1. The van der Waals surface area contributed by atoms with E-state index in [0.29, 0.717) is 11.8 Å². The third-order valence-electron chi connectivity index (χ3n) is 3.59. The first-order valence-electron chi connectivity index (χ1n) is 7.42. The van der Waals surface area contributed by atoms with Gasteiger partial charge in [-0.3, -0.25) is 4.79 Å². The largest absolute Gasteiger partial charge is 0.457 e. The van der Waals surface area contributed by atoms with Crippen molar-refractivity contribution >= 4 is 29.3 Å². The van der Waals surface area contributed by atoms with Crippen LogP contribution in [0.4, 0.5) is 5.69 Å². The first kappa shape index (κ1) is 15.7. The number of anilines is 1. The Kier molecular flexibility index (Phi) is 4.71. The van der Waals surface area contributed by atoms with E-state index >= 15 is 0 Å². The van der Waals surface area contributed by atoms with Gasteiger partial charge in [-0.25, -0.2) is 4.79 Å². The van der Waals surface area contributed by atoms with Gasteiger partial charge >= 0.3 is 5.97 Å². The third kappa shape index (κ3) is 3.59. The highest BCUT2D eigenvalue weighted by atomic mass is 32.2. The van der Waals surface area contributed by atoms with E-state index in [-0.39, 0.29) is 18.3 Å². The van der Waals surface area contributed by atoms with Crippen molar-refractivity contribution in [1.82, 2.24) is 0 Å². The minimum absolute atomic E-state index is 0.0956. The van der Waals surface area contributed by atoms with Crippen LogP contribution in [0, 0.1) is 0 Å². The van der Waals surface area contributed by atoms with Crippen LogP contribution in [0.5, 0.6) is 0 Å². The second-order valence-corrected chi connectivity index (χ2v) is 6.76. The van der Waals surface area contributed by atoms with Crippen LogP contribution in [-0.2, 0) is 9.53 Å². The Morgan fingerprint density at radius 1 is 1.30 bits per heavy atom. The van der Waals surface area contributed by atoms with Crippen molar-refractivity contribution in [2.24, 2.45) is 0 Å². The molecule has 23 heavy (non-hydrogen) atoms. The molecule has 0 spiro atoms. The number of carbonyl (C=O) groups excluding carboxylic acids is 2. The van der Waals surface area contributed by atoms with Crippen molar-refractivity contribution in [1.29, 1.82) is 0 Å². The number of ether oxygens (including phenoxy) is 1. The Bertz CT molecular complexity index is 698. The van der Waals surface area contributed by atoms with E-state index in [9.17, 15) is 9.59 Å². The molecule has 2 heterocycles. The number of hydrogen-bond acceptors (Lipinski definition) is 5. The molecule has 0 saturated carbocycles. The molecular formula is C17H17NO4S. The van der Waals surface area contributed by atoms with Gasteiger partial charge in [-0.15, -0.1) is 11.8 Å². The number of amides is 1. The van der Waals surface area contributed by atoms with Crippen molar-refractivity contribution < 1.29 is 18.7 Å². The highest BCUT2D eigenvalue weighted by Crippen LogP contribution is 2.37. The maximum atomic E-state index is 12.5. The Hall–Kier alpha value is -2.21. The number of esters is 1. The molecule has 0 fully saturated rings. The predicted octanol–water partition coefficient (Wildman–Crippen LogP) is 3.35. The van der Waals surface area contributed by atoms with Crippen molar-refractivity contribution in [3.63, 3.8) is 0 Å². The van der Waals surface area contributed by atoms with Crippen molar-refractivity contribution in [2.45, 2.75) is 23.5 Å². The molecule has 1 aliphatic rings. The van der Waals surface area contributed by atoms with Crippen LogP contribution in [0.1, 0.15) is 23.9 Å². The molecule has 1 aromatic carbocycles. The number of rotatable bonds is 3. The van der Waals surface area contributed by atoms with Gasteiger partial charge in [0.2, 0.25) is 5.76 Å². The molecule has 1 amide bonds. The number of hydrogen-bond donors (Lipinski definition) is 0. The van der Waals surface area contributed by atoms with Crippen molar-refractivity contribution in [3.8, 4) is 0 Å². The molecule has 6 heteroatoms. The molecule has 120 valence electrons. The zero-order valence-electron chi connectivity index (χ0n) is 12.7. The fourth-order valence-corrected chi connectivity index (χ4v) is 3.53. The third-order valence-corrected chi connectivity index (χ3v) is 4.83. The van der Waals surface area contributed by atoms with E-state index < -0.39 is 5.97 Å². The first-order valence-corrected chi connectivity index (χ1v) is 8.30. The van der Waals surface area contributed by atoms with Gasteiger partial charge in [0.15, 0.2) is 6.61 Å². The van der Waals surface area contributed by atoms with Crippen LogP contribution >= 0.6 is 11.8 Å². The number of benzene rings is 1. The topological polar surface area (TPSA) is 59.8 Å². The van der Waals surface area contributed by atoms with Crippen LogP contribution in [0.3, 0.4) is 0 Å². The Balaban J connectivity index is 1.70. The summed E-state index contributed by atoms with van der Waals surface area (Å²) in [7, 11) is 0. The number of carbonyl (C=O) groups is 2. The van der Waals surface area contributed by atoms with Gasteiger partial charge in [0.05, 0.1) is 12.0 Å². The molecule has 0 N–H and O–H groups in total. The fourth-order valence-electron chi connectivity index (χ4n) is 2.42. The summed E-state index contributed by atoms with van der Waals surface area (Å²) in [4.78, 5) is 27.0. The SMILES string of the molecule is C[C@H]1CCN(C(=O)COC(=O)c2ccco2)c2ccccc2S1. The van der Waals surface area contributed by atoms with Crippen LogP contribution in [-0.4, -0.2) is 30.3 Å². The Morgan fingerprint density at radius 3 is 2.91 bits per heavy atom. The molecule has 0 radical (unpaired) electrons. The number of nitrogens with zero attached hydrogens (tertiary/aromatic N) is 1. The zero-order chi connectivity index (χ0) is 16.2. The predicted molar refractivity (Wildman–Crippen MR) is 87.7 cm³/mol. The first-order chi connectivity index (χ1) is 11.1. The highest BCUT2D eigenvalue weighted by molar-refractivity contribution is 8.00. The minimum atomic E-state index is -0.630. The summed E-state index contributed by atoms with van der Waals surface area (Å²) in [5, 5.41) is 0.430. The summed E-state index contributed by atoms with van der Waals surface area (Å²) in [5.74, 6) is -0.764. The molecule has 5 nitrogen and oxygen atoms in total. The minimum Gasteiger partial charge on any atom is -0.457 e. The second kappa shape index (κ2) is 6.91. The molecule has 0 saturated heterocycles. The van der Waals surface area contributed by atoms with Gasteiger partial charge in [0.1, 0.15) is 0 Å². The summed E-state index contributed by atoms with van der Waals surface area (Å²) < 4.78 is 10.0. The van der Waals surface area contributed by atoms with Crippen LogP contribution < -0.4 is 4.90 Å². The molecule has 3 rings (SSSR count). The molecular weight excluding hydrogens is 314 g/mol. The quantitative estimate of drug-likeness (QED) is 0.807. The molecule has 1 aromatic heterocycles. The molecule has 1 aliphatic heterocycles. The molecule has 0 aliphatic carbocycles. The van der Waals surface area contributed by atoms with E-state index in [2.05, 4.69) is 6.92 Å². The summed E-state index contributed by atoms with van der Waals surface area (Å²) in [6.07, 6.45) is 2.28. The molecule has 0 unspecified atom stereocenters. The maximum Gasteiger partial charge on any atom is 0.374 e. The lowest BCUT2D eigenvalue weighted by Crippen LogP contribution is -2.35. The smallest absolute Gasteiger partial charge is 0.374 e. The molecule has 1 atom stereocenters. The van der Waals surface area contributed by atoms with Crippen LogP contribution in [0.25, 0.3) is 0 Å². The maximum absolute atomic E-state index is 12.5. The van der Waals surface area contributed by atoms with Gasteiger partial charge in [-0.1, -0.05) is 19.1 Å². The van der Waals surface area contributed by atoms with Crippen LogP contribution in [0.2, 0.25) is 0 Å². The highest BCUT2D eigenvalue weighted by Gasteiger charge is 2.25.